The van der Waals surface area contributed by atoms with Gasteiger partial charge >= 0.3 is 0 Å². The minimum atomic E-state index is -0.0359. The highest BCUT2D eigenvalue weighted by Crippen LogP contribution is 2.30. The molecule has 0 aliphatic carbocycles. The molecular weight excluding hydrogens is 266 g/mol. The Morgan fingerprint density at radius 1 is 1.22 bits per heavy atom. The molecule has 0 saturated heterocycles. The summed E-state index contributed by atoms with van der Waals surface area (Å²) in [6, 6.07) is 7.99. The Hall–Kier alpha value is -1.13. The summed E-state index contributed by atoms with van der Waals surface area (Å²) in [6.45, 7) is 6.13. The number of hydrogen-bond donors (Lipinski definition) is 1. The highest BCUT2D eigenvalue weighted by molar-refractivity contribution is 7.09. The lowest BCUT2D eigenvalue weighted by atomic mass is 10.1. The Labute approximate surface area is 116 Å². The molecule has 2 rings (SSSR count). The average molecular weight is 282 g/mol. The van der Waals surface area contributed by atoms with E-state index in [2.05, 4.69) is 28.5 Å². The molecule has 1 heterocycles. The van der Waals surface area contributed by atoms with E-state index in [1.54, 1.807) is 0 Å². The Balaban J connectivity index is 2.23. The van der Waals surface area contributed by atoms with Gasteiger partial charge in [0, 0.05) is 23.1 Å². The molecule has 0 aliphatic heterocycles. The molecule has 3 nitrogen and oxygen atoms in total. The topological polar surface area (TPSA) is 37.8 Å². The molecule has 0 bridgehead atoms. The van der Waals surface area contributed by atoms with E-state index in [9.17, 15) is 0 Å². The van der Waals surface area contributed by atoms with Crippen molar-refractivity contribution in [1.29, 1.82) is 0 Å². The molecule has 1 atom stereocenters. The van der Waals surface area contributed by atoms with Gasteiger partial charge in [0.25, 0.3) is 0 Å². The minimum absolute atomic E-state index is 0.0359. The molecule has 0 saturated carbocycles. The van der Waals surface area contributed by atoms with Crippen LogP contribution >= 0.6 is 23.1 Å². The number of nitrogens with one attached hydrogen (secondary N) is 1. The van der Waals surface area contributed by atoms with Crippen LogP contribution in [0, 0.1) is 0 Å². The molecule has 2 aromatic rings. The van der Waals surface area contributed by atoms with Gasteiger partial charge in [0.2, 0.25) is 5.13 Å². The van der Waals surface area contributed by atoms with Crippen molar-refractivity contribution >= 4 is 34.0 Å². The van der Waals surface area contributed by atoms with Crippen molar-refractivity contribution < 1.29 is 0 Å². The van der Waals surface area contributed by atoms with E-state index in [0.29, 0.717) is 5.92 Å². The van der Waals surface area contributed by atoms with Gasteiger partial charge < -0.3 is 5.32 Å². The standard InChI is InChI=1S/C13H16ClN3S/c1-8(2)12-16-13(18-17-12)15-11-7-5-4-6-10(11)9(3)14/h4-9H,1-3H3,(H,15,16,17). The maximum Gasteiger partial charge on any atom is 0.207 e. The Bertz CT molecular complexity index is 522. The smallest absolute Gasteiger partial charge is 0.207 e. The number of benzene rings is 1. The van der Waals surface area contributed by atoms with Crippen LogP contribution in [-0.4, -0.2) is 9.36 Å². The summed E-state index contributed by atoms with van der Waals surface area (Å²) in [7, 11) is 0. The third-order valence-electron chi connectivity index (χ3n) is 2.59. The molecule has 18 heavy (non-hydrogen) atoms. The fourth-order valence-corrected chi connectivity index (χ4v) is 2.50. The highest BCUT2D eigenvalue weighted by Gasteiger charge is 2.11. The fourth-order valence-electron chi connectivity index (χ4n) is 1.59. The third-order valence-corrected chi connectivity index (χ3v) is 3.47. The van der Waals surface area contributed by atoms with Crippen molar-refractivity contribution in [3.8, 4) is 0 Å². The summed E-state index contributed by atoms with van der Waals surface area (Å²) in [5.74, 6) is 1.22. The minimum Gasteiger partial charge on any atom is -0.330 e. The van der Waals surface area contributed by atoms with Crippen molar-refractivity contribution in [3.63, 3.8) is 0 Å². The summed E-state index contributed by atoms with van der Waals surface area (Å²) in [4.78, 5) is 4.46. The summed E-state index contributed by atoms with van der Waals surface area (Å²) in [5.41, 5.74) is 2.06. The predicted octanol–water partition coefficient (Wildman–Crippen LogP) is 4.70. The van der Waals surface area contributed by atoms with Gasteiger partial charge in [0.05, 0.1) is 5.38 Å². The molecule has 0 spiro atoms. The van der Waals surface area contributed by atoms with Crippen LogP contribution in [-0.2, 0) is 0 Å². The molecule has 0 fully saturated rings. The van der Waals surface area contributed by atoms with E-state index in [0.717, 1.165) is 22.2 Å². The van der Waals surface area contributed by atoms with Gasteiger partial charge in [-0.3, -0.25) is 0 Å². The predicted molar refractivity (Wildman–Crippen MR) is 78.0 cm³/mol. The van der Waals surface area contributed by atoms with E-state index in [1.807, 2.05) is 31.2 Å². The van der Waals surface area contributed by atoms with Crippen LogP contribution in [0.1, 0.15) is 43.5 Å². The SMILES string of the molecule is CC(C)c1nsc(Nc2ccccc2C(C)Cl)n1. The second-order valence-electron chi connectivity index (χ2n) is 4.44. The van der Waals surface area contributed by atoms with Gasteiger partial charge in [-0.25, -0.2) is 4.98 Å². The first-order valence-corrected chi connectivity index (χ1v) is 7.12. The second-order valence-corrected chi connectivity index (χ2v) is 5.85. The van der Waals surface area contributed by atoms with Gasteiger partial charge in [-0.2, -0.15) is 4.37 Å². The summed E-state index contributed by atoms with van der Waals surface area (Å²) in [5, 5.41) is 4.06. The van der Waals surface area contributed by atoms with Crippen LogP contribution in [0.3, 0.4) is 0 Å². The zero-order valence-electron chi connectivity index (χ0n) is 10.6. The number of hydrogen-bond acceptors (Lipinski definition) is 4. The van der Waals surface area contributed by atoms with Crippen LogP contribution in [0.15, 0.2) is 24.3 Å². The summed E-state index contributed by atoms with van der Waals surface area (Å²) >= 11 is 7.54. The lowest BCUT2D eigenvalue weighted by Gasteiger charge is -2.11. The van der Waals surface area contributed by atoms with Gasteiger partial charge in [0.1, 0.15) is 5.82 Å². The fraction of sp³-hybridized carbons (Fsp3) is 0.385. The average Bonchev–Trinajstić information content (AvgIpc) is 2.78. The van der Waals surface area contributed by atoms with E-state index >= 15 is 0 Å². The zero-order valence-corrected chi connectivity index (χ0v) is 12.2. The molecular formula is C13H16ClN3S. The maximum absolute atomic E-state index is 6.16. The van der Waals surface area contributed by atoms with E-state index in [1.165, 1.54) is 11.5 Å². The molecule has 1 aromatic carbocycles. The quantitative estimate of drug-likeness (QED) is 0.825. The number of aromatic nitrogens is 2. The first-order chi connectivity index (χ1) is 8.58. The van der Waals surface area contributed by atoms with Crippen LogP contribution < -0.4 is 5.32 Å². The largest absolute Gasteiger partial charge is 0.330 e. The van der Waals surface area contributed by atoms with Crippen molar-refractivity contribution in [3.05, 3.63) is 35.7 Å². The van der Waals surface area contributed by atoms with E-state index < -0.39 is 0 Å². The molecule has 96 valence electrons. The van der Waals surface area contributed by atoms with Gasteiger partial charge in [0.15, 0.2) is 0 Å². The number of halogens is 1. The van der Waals surface area contributed by atoms with Crippen molar-refractivity contribution in [2.45, 2.75) is 32.1 Å². The Morgan fingerprint density at radius 2 is 1.94 bits per heavy atom. The Morgan fingerprint density at radius 3 is 2.56 bits per heavy atom. The normalized spacial score (nSPS) is 12.7. The van der Waals surface area contributed by atoms with Gasteiger partial charge in [-0.1, -0.05) is 32.0 Å². The highest BCUT2D eigenvalue weighted by atomic mass is 35.5. The molecule has 0 amide bonds. The van der Waals surface area contributed by atoms with Crippen LogP contribution in [0.5, 0.6) is 0 Å². The number of anilines is 2. The van der Waals surface area contributed by atoms with Crippen LogP contribution in [0.4, 0.5) is 10.8 Å². The second kappa shape index (κ2) is 5.67. The van der Waals surface area contributed by atoms with Crippen LogP contribution in [0.25, 0.3) is 0 Å². The van der Waals surface area contributed by atoms with Gasteiger partial charge in [-0.05, 0) is 18.6 Å². The molecule has 0 aliphatic rings. The van der Waals surface area contributed by atoms with Gasteiger partial charge in [-0.15, -0.1) is 11.6 Å². The van der Waals surface area contributed by atoms with E-state index in [4.69, 9.17) is 11.6 Å². The first-order valence-electron chi connectivity index (χ1n) is 5.91. The molecule has 1 unspecified atom stereocenters. The molecule has 1 N–H and O–H groups in total. The molecule has 5 heteroatoms. The van der Waals surface area contributed by atoms with E-state index in [-0.39, 0.29) is 5.38 Å². The summed E-state index contributed by atoms with van der Waals surface area (Å²) in [6.07, 6.45) is 0. The number of alkyl halides is 1. The molecule has 1 aromatic heterocycles. The number of rotatable bonds is 4. The monoisotopic (exact) mass is 281 g/mol. The third kappa shape index (κ3) is 3.00. The lowest BCUT2D eigenvalue weighted by Crippen LogP contribution is -1.97. The van der Waals surface area contributed by atoms with Crippen molar-refractivity contribution in [2.24, 2.45) is 0 Å². The first kappa shape index (κ1) is 13.3. The summed E-state index contributed by atoms with van der Waals surface area (Å²) < 4.78 is 4.32. The molecule has 0 radical (unpaired) electrons. The zero-order chi connectivity index (χ0) is 13.1. The number of para-hydroxylation sites is 1. The van der Waals surface area contributed by atoms with Crippen molar-refractivity contribution in [1.82, 2.24) is 9.36 Å². The maximum atomic E-state index is 6.16. The van der Waals surface area contributed by atoms with Crippen molar-refractivity contribution in [2.75, 3.05) is 5.32 Å². The Kier molecular flexibility index (Phi) is 4.19. The lowest BCUT2D eigenvalue weighted by molar-refractivity contribution is 0.800. The number of nitrogens with zero attached hydrogens (tertiary/aromatic N) is 2. The van der Waals surface area contributed by atoms with Crippen LogP contribution in [0.2, 0.25) is 0 Å².